The van der Waals surface area contributed by atoms with Crippen molar-refractivity contribution >= 4 is 17.0 Å². The molecule has 0 fully saturated rings. The molecule has 72 valence electrons. The van der Waals surface area contributed by atoms with Gasteiger partial charge in [0.2, 0.25) is 0 Å². The van der Waals surface area contributed by atoms with Crippen LogP contribution >= 0.6 is 17.0 Å². The predicted octanol–water partition coefficient (Wildman–Crippen LogP) is 1.56. The van der Waals surface area contributed by atoms with Crippen molar-refractivity contribution in [3.05, 3.63) is 18.2 Å². The van der Waals surface area contributed by atoms with E-state index in [1.807, 2.05) is 24.0 Å². The van der Waals surface area contributed by atoms with Gasteiger partial charge in [0.05, 0.1) is 0 Å². The second-order valence-corrected chi connectivity index (χ2v) is 2.12. The lowest BCUT2D eigenvalue weighted by atomic mass is 10.5. The smallest absolute Gasteiger partial charge is 0.108 e. The molecule has 0 atom stereocenters. The molecule has 1 aromatic heterocycles. The number of hydrogen-bond donors (Lipinski definition) is 1. The molecule has 12 heavy (non-hydrogen) atoms. The van der Waals surface area contributed by atoms with Gasteiger partial charge in [-0.25, -0.2) is 4.98 Å². The molecule has 0 radical (unpaired) electrons. The fourth-order valence-electron chi connectivity index (χ4n) is 0.737. The summed E-state index contributed by atoms with van der Waals surface area (Å²) in [5.41, 5.74) is 0. The van der Waals surface area contributed by atoms with E-state index in [0.29, 0.717) is 0 Å². The van der Waals surface area contributed by atoms with Crippen LogP contribution < -0.4 is 0 Å². The molecule has 3 nitrogen and oxygen atoms in total. The van der Waals surface area contributed by atoms with Gasteiger partial charge in [0.25, 0.3) is 0 Å². The molecule has 0 amide bonds. The van der Waals surface area contributed by atoms with Crippen LogP contribution in [0.2, 0.25) is 0 Å². The molecule has 0 unspecified atom stereocenters. The molecule has 1 rings (SSSR count). The van der Waals surface area contributed by atoms with Crippen LogP contribution in [0.15, 0.2) is 12.4 Å². The molecular weight excluding hydrogens is 220 g/mol. The molecule has 0 saturated carbocycles. The molecule has 0 spiro atoms. The minimum Gasteiger partial charge on any atom is -0.397 e. The van der Waals surface area contributed by atoms with Gasteiger partial charge in [-0.1, -0.05) is 6.92 Å². The van der Waals surface area contributed by atoms with Crippen molar-refractivity contribution < 1.29 is 5.11 Å². The highest BCUT2D eigenvalue weighted by atomic mass is 79.9. The fourth-order valence-corrected chi connectivity index (χ4v) is 0.737. The number of hydrogen-bond acceptors (Lipinski definition) is 2. The summed E-state index contributed by atoms with van der Waals surface area (Å²) < 4.78 is 2.03. The first kappa shape index (κ1) is 14.2. The van der Waals surface area contributed by atoms with Crippen molar-refractivity contribution in [2.75, 3.05) is 6.61 Å². The van der Waals surface area contributed by atoms with E-state index in [4.69, 9.17) is 5.11 Å². The van der Waals surface area contributed by atoms with Crippen molar-refractivity contribution in [3.8, 4) is 0 Å². The number of aliphatic hydroxyl groups is 1. The van der Waals surface area contributed by atoms with Crippen LogP contribution in [0.25, 0.3) is 0 Å². The summed E-state index contributed by atoms with van der Waals surface area (Å²) >= 11 is 0. The highest BCUT2D eigenvalue weighted by Gasteiger charge is 1.90. The normalized spacial score (nSPS) is 8.00. The summed E-state index contributed by atoms with van der Waals surface area (Å²) in [5, 5.41) is 7.57. The van der Waals surface area contributed by atoms with Gasteiger partial charge >= 0.3 is 0 Å². The van der Waals surface area contributed by atoms with Crippen LogP contribution in [0.5, 0.6) is 0 Å². The Morgan fingerprint density at radius 3 is 2.17 bits per heavy atom. The van der Waals surface area contributed by atoms with Crippen molar-refractivity contribution in [1.29, 1.82) is 0 Å². The second kappa shape index (κ2) is 8.74. The molecule has 1 heterocycles. The van der Waals surface area contributed by atoms with Crippen LogP contribution in [0, 0.1) is 0 Å². The van der Waals surface area contributed by atoms with Gasteiger partial charge in [-0.05, 0) is 6.92 Å². The largest absolute Gasteiger partial charge is 0.397 e. The standard InChI is InChI=1S/C6H10N2.C2H6O.BrH/c1-3-6-7-4-5-8(6)2;1-2-3;/h4-5H,3H2,1-2H3;3H,2H2,1H3;1H. The molecule has 0 bridgehead atoms. The third-order valence-electron chi connectivity index (χ3n) is 1.24. The van der Waals surface area contributed by atoms with E-state index in [1.165, 1.54) is 0 Å². The Hall–Kier alpha value is -0.350. The Balaban J connectivity index is 0. The van der Waals surface area contributed by atoms with Crippen molar-refractivity contribution in [2.24, 2.45) is 7.05 Å². The summed E-state index contributed by atoms with van der Waals surface area (Å²) in [7, 11) is 2.01. The van der Waals surface area contributed by atoms with Crippen LogP contribution in [0.3, 0.4) is 0 Å². The summed E-state index contributed by atoms with van der Waals surface area (Å²) in [6.07, 6.45) is 4.79. The SMILES string of the molecule is Br.CCO.CCc1nccn1C. The van der Waals surface area contributed by atoms with Crippen LogP contribution in [0.4, 0.5) is 0 Å². The van der Waals surface area contributed by atoms with E-state index in [0.717, 1.165) is 12.2 Å². The van der Waals surface area contributed by atoms with Crippen molar-refractivity contribution in [3.63, 3.8) is 0 Å². The molecule has 0 aliphatic carbocycles. The monoisotopic (exact) mass is 236 g/mol. The number of nitrogens with zero attached hydrogens (tertiary/aromatic N) is 2. The van der Waals surface area contributed by atoms with Gasteiger partial charge in [0.15, 0.2) is 0 Å². The zero-order valence-corrected chi connectivity index (χ0v) is 9.53. The van der Waals surface area contributed by atoms with E-state index in [2.05, 4.69) is 11.9 Å². The van der Waals surface area contributed by atoms with E-state index in [9.17, 15) is 0 Å². The van der Waals surface area contributed by atoms with Gasteiger partial charge in [0, 0.05) is 32.5 Å². The zero-order chi connectivity index (χ0) is 8.69. The Morgan fingerprint density at radius 2 is 2.00 bits per heavy atom. The number of aliphatic hydroxyl groups excluding tert-OH is 1. The van der Waals surface area contributed by atoms with Crippen LogP contribution in [-0.2, 0) is 13.5 Å². The van der Waals surface area contributed by atoms with E-state index in [-0.39, 0.29) is 23.6 Å². The molecule has 0 aromatic carbocycles. The molecule has 1 N–H and O–H groups in total. The fraction of sp³-hybridized carbons (Fsp3) is 0.625. The lowest BCUT2D eigenvalue weighted by molar-refractivity contribution is 0.318. The van der Waals surface area contributed by atoms with Gasteiger partial charge in [-0.3, -0.25) is 0 Å². The lowest BCUT2D eigenvalue weighted by Crippen LogP contribution is -1.92. The quantitative estimate of drug-likeness (QED) is 0.804. The number of aromatic nitrogens is 2. The summed E-state index contributed by atoms with van der Waals surface area (Å²) in [6, 6.07) is 0. The first-order valence-electron chi connectivity index (χ1n) is 3.83. The maximum atomic E-state index is 7.57. The molecule has 0 aliphatic rings. The average molecular weight is 237 g/mol. The average Bonchev–Trinajstić information content (AvgIpc) is 2.36. The maximum Gasteiger partial charge on any atom is 0.108 e. The second-order valence-electron chi connectivity index (χ2n) is 2.12. The summed E-state index contributed by atoms with van der Waals surface area (Å²) in [6.45, 7) is 4.03. The Morgan fingerprint density at radius 1 is 1.50 bits per heavy atom. The molecule has 4 heteroatoms. The predicted molar refractivity (Wildman–Crippen MR) is 55.7 cm³/mol. The van der Waals surface area contributed by atoms with Crippen molar-refractivity contribution in [1.82, 2.24) is 9.55 Å². The summed E-state index contributed by atoms with van der Waals surface area (Å²) in [5.74, 6) is 1.14. The first-order chi connectivity index (χ1) is 5.26. The first-order valence-corrected chi connectivity index (χ1v) is 3.83. The number of rotatable bonds is 1. The Labute approximate surface area is 84.2 Å². The number of imidazole rings is 1. The Bertz CT molecular complexity index is 189. The van der Waals surface area contributed by atoms with E-state index >= 15 is 0 Å². The number of aryl methyl sites for hydroxylation is 2. The molecule has 1 aromatic rings. The molecule has 0 aliphatic heterocycles. The molecule has 0 saturated heterocycles. The van der Waals surface area contributed by atoms with Crippen LogP contribution in [-0.4, -0.2) is 21.3 Å². The topological polar surface area (TPSA) is 38.1 Å². The van der Waals surface area contributed by atoms with Gasteiger partial charge in [0.1, 0.15) is 5.82 Å². The third-order valence-corrected chi connectivity index (χ3v) is 1.24. The van der Waals surface area contributed by atoms with Crippen molar-refractivity contribution in [2.45, 2.75) is 20.3 Å². The zero-order valence-electron chi connectivity index (χ0n) is 7.82. The Kier molecular flexibility index (Phi) is 10.3. The summed E-state index contributed by atoms with van der Waals surface area (Å²) in [4.78, 5) is 4.10. The van der Waals surface area contributed by atoms with E-state index in [1.54, 1.807) is 6.92 Å². The minimum absolute atomic E-state index is 0. The third kappa shape index (κ3) is 5.32. The minimum atomic E-state index is 0. The van der Waals surface area contributed by atoms with E-state index < -0.39 is 0 Å². The lowest BCUT2D eigenvalue weighted by Gasteiger charge is -1.92. The highest BCUT2D eigenvalue weighted by molar-refractivity contribution is 8.93. The number of halogens is 1. The maximum absolute atomic E-state index is 7.57. The van der Waals surface area contributed by atoms with Gasteiger partial charge in [-0.15, -0.1) is 17.0 Å². The van der Waals surface area contributed by atoms with Gasteiger partial charge < -0.3 is 9.67 Å². The van der Waals surface area contributed by atoms with Gasteiger partial charge in [-0.2, -0.15) is 0 Å². The molecular formula is C8H17BrN2O. The van der Waals surface area contributed by atoms with Crippen LogP contribution in [0.1, 0.15) is 19.7 Å². The highest BCUT2D eigenvalue weighted by Crippen LogP contribution is 1.92.